The third kappa shape index (κ3) is 4.84. The van der Waals surface area contributed by atoms with Crippen molar-refractivity contribution in [3.05, 3.63) is 82.0 Å². The van der Waals surface area contributed by atoms with Gasteiger partial charge >= 0.3 is 0 Å². The number of rotatable bonds is 5. The maximum atomic E-state index is 13.5. The van der Waals surface area contributed by atoms with E-state index in [0.717, 1.165) is 6.54 Å². The molecule has 3 rings (SSSR count). The highest BCUT2D eigenvalue weighted by atomic mass is 19.1. The quantitative estimate of drug-likeness (QED) is 0.357. The lowest BCUT2D eigenvalue weighted by molar-refractivity contribution is 0.0742. The normalized spacial score (nSPS) is 19.4. The van der Waals surface area contributed by atoms with Crippen molar-refractivity contribution in [3.63, 3.8) is 0 Å². The van der Waals surface area contributed by atoms with Crippen molar-refractivity contribution >= 4 is 0 Å². The van der Waals surface area contributed by atoms with Gasteiger partial charge in [0.25, 0.3) is 0 Å². The third-order valence-corrected chi connectivity index (χ3v) is 4.23. The number of hydrogen-bond acceptors (Lipinski definition) is 3. The number of nitrogens with zero attached hydrogens (tertiary/aromatic N) is 4. The Morgan fingerprint density at radius 3 is 2.69 bits per heavy atom. The summed E-state index contributed by atoms with van der Waals surface area (Å²) in [6.07, 6.45) is -0.218. The number of ether oxygens (including phenoxy) is 1. The first-order chi connectivity index (χ1) is 12.8. The van der Waals surface area contributed by atoms with Crippen molar-refractivity contribution < 1.29 is 9.13 Å². The van der Waals surface area contributed by atoms with E-state index in [1.165, 1.54) is 11.6 Å². The van der Waals surface area contributed by atoms with Gasteiger partial charge in [-0.25, -0.2) is 4.39 Å². The molecule has 0 N–H and O–H groups in total. The van der Waals surface area contributed by atoms with Crippen molar-refractivity contribution in [1.82, 2.24) is 4.90 Å². The Balaban J connectivity index is 1.57. The van der Waals surface area contributed by atoms with E-state index in [2.05, 4.69) is 38.9 Å². The van der Waals surface area contributed by atoms with E-state index >= 15 is 0 Å². The van der Waals surface area contributed by atoms with Crippen LogP contribution in [-0.4, -0.2) is 36.7 Å². The summed E-state index contributed by atoms with van der Waals surface area (Å²) in [6.45, 7) is 2.25. The molecule has 0 aromatic heterocycles. The van der Waals surface area contributed by atoms with Crippen LogP contribution in [0.2, 0.25) is 0 Å². The molecule has 0 aliphatic carbocycles. The Morgan fingerprint density at radius 1 is 1.15 bits per heavy atom. The predicted molar refractivity (Wildman–Crippen MR) is 97.7 cm³/mol. The van der Waals surface area contributed by atoms with Crippen LogP contribution in [0.3, 0.4) is 0 Å². The number of benzene rings is 2. The highest BCUT2D eigenvalue weighted by Crippen LogP contribution is 2.19. The SMILES string of the molecule is [N-]=[N+]=N[C@@H]1CN(Cc2ccccc2)C[C@H]1OCC#Cc1ccccc1F. The minimum Gasteiger partial charge on any atom is -0.364 e. The van der Waals surface area contributed by atoms with Crippen LogP contribution in [-0.2, 0) is 11.3 Å². The molecule has 1 aliphatic rings. The molecule has 0 bridgehead atoms. The predicted octanol–water partition coefficient (Wildman–Crippen LogP) is 3.76. The van der Waals surface area contributed by atoms with Crippen LogP contribution in [0.25, 0.3) is 10.4 Å². The largest absolute Gasteiger partial charge is 0.364 e. The van der Waals surface area contributed by atoms with E-state index in [4.69, 9.17) is 10.3 Å². The molecule has 1 saturated heterocycles. The standard InChI is InChI=1S/C20H19FN4O/c21-18-11-5-4-9-17(18)10-6-12-26-20-15-25(14-19(20)23-24-22)13-16-7-2-1-3-8-16/h1-5,7-9,11,19-20H,12-15H2/t19-,20-/m1/s1. The summed E-state index contributed by atoms with van der Waals surface area (Å²) < 4.78 is 19.3. The van der Waals surface area contributed by atoms with Gasteiger partial charge in [-0.3, -0.25) is 4.90 Å². The molecular weight excluding hydrogens is 331 g/mol. The summed E-state index contributed by atoms with van der Waals surface area (Å²) in [7, 11) is 0. The molecule has 1 aliphatic heterocycles. The maximum absolute atomic E-state index is 13.5. The fourth-order valence-electron chi connectivity index (χ4n) is 2.99. The van der Waals surface area contributed by atoms with Crippen molar-refractivity contribution in [2.24, 2.45) is 5.11 Å². The molecule has 0 unspecified atom stereocenters. The van der Waals surface area contributed by atoms with Crippen molar-refractivity contribution in [2.75, 3.05) is 19.7 Å². The molecule has 2 aromatic rings. The van der Waals surface area contributed by atoms with E-state index < -0.39 is 0 Å². The van der Waals surface area contributed by atoms with E-state index in [0.29, 0.717) is 18.7 Å². The number of hydrogen-bond donors (Lipinski definition) is 0. The second-order valence-electron chi connectivity index (χ2n) is 6.08. The van der Waals surface area contributed by atoms with Gasteiger partial charge in [-0.2, -0.15) is 0 Å². The summed E-state index contributed by atoms with van der Waals surface area (Å²) in [5.41, 5.74) is 10.3. The first kappa shape index (κ1) is 18.0. The molecule has 0 spiro atoms. The smallest absolute Gasteiger partial charge is 0.138 e. The average Bonchev–Trinajstić information content (AvgIpc) is 3.02. The fourth-order valence-corrected chi connectivity index (χ4v) is 2.99. The van der Waals surface area contributed by atoms with Crippen LogP contribution in [0.5, 0.6) is 0 Å². The Kier molecular flexibility index (Phi) is 6.24. The monoisotopic (exact) mass is 350 g/mol. The Bertz CT molecular complexity index is 840. The first-order valence-electron chi connectivity index (χ1n) is 8.42. The molecule has 2 aromatic carbocycles. The zero-order valence-corrected chi connectivity index (χ0v) is 14.3. The molecule has 0 saturated carbocycles. The number of likely N-dealkylation sites (tertiary alicyclic amines) is 1. The lowest BCUT2D eigenvalue weighted by Crippen LogP contribution is -2.25. The summed E-state index contributed by atoms with van der Waals surface area (Å²) in [6, 6.07) is 16.2. The van der Waals surface area contributed by atoms with Gasteiger partial charge in [0.1, 0.15) is 12.4 Å². The van der Waals surface area contributed by atoms with Crippen LogP contribution in [0.1, 0.15) is 11.1 Å². The van der Waals surface area contributed by atoms with E-state index in [-0.39, 0.29) is 24.6 Å². The number of azide groups is 1. The minimum atomic E-state index is -0.346. The first-order valence-corrected chi connectivity index (χ1v) is 8.42. The van der Waals surface area contributed by atoms with E-state index in [1.54, 1.807) is 18.2 Å². The third-order valence-electron chi connectivity index (χ3n) is 4.23. The Labute approximate surface area is 152 Å². The van der Waals surface area contributed by atoms with Gasteiger partial charge in [-0.1, -0.05) is 59.4 Å². The molecule has 1 heterocycles. The highest BCUT2D eigenvalue weighted by molar-refractivity contribution is 5.35. The lowest BCUT2D eigenvalue weighted by Gasteiger charge is -2.15. The molecule has 2 atom stereocenters. The summed E-state index contributed by atoms with van der Waals surface area (Å²) in [5, 5.41) is 3.85. The maximum Gasteiger partial charge on any atom is 0.138 e. The molecule has 5 nitrogen and oxygen atoms in total. The topological polar surface area (TPSA) is 61.2 Å². The zero-order chi connectivity index (χ0) is 18.2. The van der Waals surface area contributed by atoms with Gasteiger partial charge in [0.15, 0.2) is 0 Å². The van der Waals surface area contributed by atoms with Crippen molar-refractivity contribution in [1.29, 1.82) is 0 Å². The molecule has 1 fully saturated rings. The van der Waals surface area contributed by atoms with Gasteiger partial charge in [0.05, 0.1) is 17.7 Å². The van der Waals surface area contributed by atoms with Crippen molar-refractivity contribution in [2.45, 2.75) is 18.7 Å². The number of halogens is 1. The molecular formula is C20H19FN4O. The highest BCUT2D eigenvalue weighted by Gasteiger charge is 2.32. The van der Waals surface area contributed by atoms with Gasteiger partial charge in [0, 0.05) is 24.5 Å². The summed E-state index contributed by atoms with van der Waals surface area (Å²) in [5.74, 6) is 5.25. The van der Waals surface area contributed by atoms with Crippen LogP contribution in [0.15, 0.2) is 59.7 Å². The van der Waals surface area contributed by atoms with Gasteiger partial charge < -0.3 is 4.74 Å². The van der Waals surface area contributed by atoms with Crippen LogP contribution >= 0.6 is 0 Å². The fraction of sp³-hybridized carbons (Fsp3) is 0.300. The van der Waals surface area contributed by atoms with E-state index in [9.17, 15) is 4.39 Å². The van der Waals surface area contributed by atoms with Crippen LogP contribution in [0, 0.1) is 17.7 Å². The van der Waals surface area contributed by atoms with Crippen molar-refractivity contribution in [3.8, 4) is 11.8 Å². The Hall–Kier alpha value is -2.84. The van der Waals surface area contributed by atoms with Crippen LogP contribution in [0.4, 0.5) is 4.39 Å². The molecule has 26 heavy (non-hydrogen) atoms. The average molecular weight is 350 g/mol. The summed E-state index contributed by atoms with van der Waals surface area (Å²) >= 11 is 0. The van der Waals surface area contributed by atoms with Crippen LogP contribution < -0.4 is 0 Å². The zero-order valence-electron chi connectivity index (χ0n) is 14.3. The lowest BCUT2D eigenvalue weighted by atomic mass is 10.2. The second kappa shape index (κ2) is 9.02. The van der Waals surface area contributed by atoms with Gasteiger partial charge in [-0.05, 0) is 23.2 Å². The minimum absolute atomic E-state index is 0.162. The molecule has 132 valence electrons. The second-order valence-corrected chi connectivity index (χ2v) is 6.08. The molecule has 0 amide bonds. The van der Waals surface area contributed by atoms with E-state index in [1.807, 2.05) is 18.2 Å². The Morgan fingerprint density at radius 2 is 1.92 bits per heavy atom. The van der Waals surface area contributed by atoms with Gasteiger partial charge in [0.2, 0.25) is 0 Å². The van der Waals surface area contributed by atoms with Gasteiger partial charge in [-0.15, -0.1) is 0 Å². The summed E-state index contributed by atoms with van der Waals surface area (Å²) in [4.78, 5) is 5.13. The molecule has 0 radical (unpaired) electrons. The molecule has 6 heteroatoms.